The highest BCUT2D eigenvalue weighted by molar-refractivity contribution is 5.90. The summed E-state index contributed by atoms with van der Waals surface area (Å²) in [5.74, 6) is -1.49. The van der Waals surface area contributed by atoms with Gasteiger partial charge in [0.2, 0.25) is 5.91 Å². The molecular formula is C28H31F2N3O4. The number of hydrogen-bond donors (Lipinski definition) is 1. The molecule has 1 aliphatic carbocycles. The van der Waals surface area contributed by atoms with Crippen LogP contribution in [0.2, 0.25) is 0 Å². The van der Waals surface area contributed by atoms with E-state index in [0.29, 0.717) is 24.2 Å². The van der Waals surface area contributed by atoms with Gasteiger partial charge in [-0.15, -0.1) is 0 Å². The highest BCUT2D eigenvalue weighted by Gasteiger charge is 2.42. The number of halogens is 2. The third kappa shape index (κ3) is 5.31. The molecule has 0 bridgehead atoms. The third-order valence-electron chi connectivity index (χ3n) is 7.70. The smallest absolute Gasteiger partial charge is 0.410 e. The zero-order valence-electron chi connectivity index (χ0n) is 20.8. The van der Waals surface area contributed by atoms with Gasteiger partial charge in [-0.1, -0.05) is 49.4 Å². The van der Waals surface area contributed by atoms with E-state index in [1.54, 1.807) is 6.07 Å². The molecule has 0 unspecified atom stereocenters. The normalized spacial score (nSPS) is 22.7. The topological polar surface area (TPSA) is 79.0 Å². The molecule has 0 radical (unpaired) electrons. The molecule has 196 valence electrons. The Balaban J connectivity index is 1.33. The van der Waals surface area contributed by atoms with Gasteiger partial charge in [-0.25, -0.2) is 13.6 Å². The lowest BCUT2D eigenvalue weighted by Gasteiger charge is -2.30. The van der Waals surface area contributed by atoms with Crippen molar-refractivity contribution < 1.29 is 27.9 Å². The molecule has 7 nitrogen and oxygen atoms in total. The van der Waals surface area contributed by atoms with E-state index in [1.165, 1.54) is 11.0 Å². The number of rotatable bonds is 7. The number of nitrogens with one attached hydrogen (secondary N) is 1. The van der Waals surface area contributed by atoms with Gasteiger partial charge >= 0.3 is 6.09 Å². The first-order valence-corrected chi connectivity index (χ1v) is 12.8. The van der Waals surface area contributed by atoms with Crippen LogP contribution in [0.4, 0.5) is 13.6 Å². The van der Waals surface area contributed by atoms with Crippen molar-refractivity contribution in [2.45, 2.75) is 56.3 Å². The van der Waals surface area contributed by atoms with Crippen LogP contribution in [0.15, 0.2) is 48.5 Å². The van der Waals surface area contributed by atoms with Crippen LogP contribution in [0.5, 0.6) is 0 Å². The number of nitrogens with zero attached hydrogens (tertiary/aromatic N) is 2. The van der Waals surface area contributed by atoms with Crippen LogP contribution in [0, 0.1) is 5.82 Å². The molecule has 9 heteroatoms. The summed E-state index contributed by atoms with van der Waals surface area (Å²) in [7, 11) is 0. The molecule has 3 fully saturated rings. The van der Waals surface area contributed by atoms with Crippen molar-refractivity contribution in [3.8, 4) is 0 Å². The second-order valence-electron chi connectivity index (χ2n) is 10.4. The molecule has 0 aromatic heterocycles. The maximum Gasteiger partial charge on any atom is 0.410 e. The van der Waals surface area contributed by atoms with Crippen molar-refractivity contribution >= 4 is 17.9 Å². The highest BCUT2D eigenvalue weighted by atomic mass is 19.1. The number of ether oxygens (including phenoxy) is 1. The molecular weight excluding hydrogens is 480 g/mol. The lowest BCUT2D eigenvalue weighted by molar-refractivity contribution is -0.141. The van der Waals surface area contributed by atoms with Crippen LogP contribution in [-0.4, -0.2) is 66.2 Å². The molecule has 1 saturated carbocycles. The Bertz CT molecular complexity index is 1180. The zero-order chi connectivity index (χ0) is 26.2. The standard InChI is InChI=1S/C28H31F2N3O4/c1-28(10-11-28)21-9-8-19(14-22(21)30)25(18-6-3-2-4-7-18)31-26(35)23-15-20(29)16-33(23)24(34)17-37-27(36)32-12-5-13-32/h2-4,6-9,14,20,23,25H,5,10-13,15-17H2,1H3,(H,31,35)/t20-,23+,25+/m1/s1. The monoisotopic (exact) mass is 511 g/mol. The van der Waals surface area contributed by atoms with Gasteiger partial charge in [-0.3, -0.25) is 9.59 Å². The summed E-state index contributed by atoms with van der Waals surface area (Å²) >= 11 is 0. The Kier molecular flexibility index (Phi) is 6.88. The Hall–Kier alpha value is -3.49. The third-order valence-corrected chi connectivity index (χ3v) is 7.70. The van der Waals surface area contributed by atoms with Gasteiger partial charge in [0, 0.05) is 19.5 Å². The molecule has 3 atom stereocenters. The second-order valence-corrected chi connectivity index (χ2v) is 10.4. The van der Waals surface area contributed by atoms with Gasteiger partial charge in [0.1, 0.15) is 18.0 Å². The van der Waals surface area contributed by atoms with Crippen molar-refractivity contribution in [2.24, 2.45) is 0 Å². The summed E-state index contributed by atoms with van der Waals surface area (Å²) in [6.07, 6.45) is 0.625. The largest absolute Gasteiger partial charge is 0.439 e. The average Bonchev–Trinajstić information content (AvgIpc) is 3.47. The fourth-order valence-electron chi connectivity index (χ4n) is 5.01. The molecule has 2 aromatic carbocycles. The number of likely N-dealkylation sites (tertiary alicyclic amines) is 2. The highest BCUT2D eigenvalue weighted by Crippen LogP contribution is 2.48. The maximum absolute atomic E-state index is 15.1. The van der Waals surface area contributed by atoms with Crippen LogP contribution >= 0.6 is 0 Å². The average molecular weight is 512 g/mol. The zero-order valence-corrected chi connectivity index (χ0v) is 20.8. The van der Waals surface area contributed by atoms with Crippen LogP contribution < -0.4 is 5.32 Å². The molecule has 0 spiro atoms. The van der Waals surface area contributed by atoms with Crippen LogP contribution in [-0.2, 0) is 19.7 Å². The van der Waals surface area contributed by atoms with Crippen molar-refractivity contribution in [2.75, 3.05) is 26.2 Å². The Morgan fingerprint density at radius 1 is 1.11 bits per heavy atom. The van der Waals surface area contributed by atoms with E-state index in [-0.39, 0.29) is 24.2 Å². The van der Waals surface area contributed by atoms with Crippen LogP contribution in [0.1, 0.15) is 55.3 Å². The number of carbonyl (C=O) groups excluding carboxylic acids is 3. The number of hydrogen-bond acceptors (Lipinski definition) is 4. The van der Waals surface area contributed by atoms with Gasteiger partial charge in [0.25, 0.3) is 5.91 Å². The number of benzene rings is 2. The Labute approximate surface area is 214 Å². The van der Waals surface area contributed by atoms with Crippen LogP contribution in [0.25, 0.3) is 0 Å². The van der Waals surface area contributed by atoms with E-state index in [2.05, 4.69) is 5.32 Å². The fraction of sp³-hybridized carbons (Fsp3) is 0.464. The van der Waals surface area contributed by atoms with Crippen molar-refractivity contribution in [3.05, 3.63) is 71.0 Å². The van der Waals surface area contributed by atoms with Crippen LogP contribution in [0.3, 0.4) is 0 Å². The van der Waals surface area contributed by atoms with E-state index >= 15 is 4.39 Å². The summed E-state index contributed by atoms with van der Waals surface area (Å²) in [6, 6.07) is 12.4. The molecule has 5 rings (SSSR count). The summed E-state index contributed by atoms with van der Waals surface area (Å²) < 4.78 is 34.6. The molecule has 2 aromatic rings. The minimum Gasteiger partial charge on any atom is -0.439 e. The summed E-state index contributed by atoms with van der Waals surface area (Å²) in [5, 5.41) is 2.92. The molecule has 2 saturated heterocycles. The Morgan fingerprint density at radius 3 is 2.46 bits per heavy atom. The van der Waals surface area contributed by atoms with E-state index < -0.39 is 42.8 Å². The molecule has 1 N–H and O–H groups in total. The van der Waals surface area contributed by atoms with E-state index in [1.807, 2.05) is 43.3 Å². The van der Waals surface area contributed by atoms with E-state index in [4.69, 9.17) is 4.74 Å². The van der Waals surface area contributed by atoms with E-state index in [0.717, 1.165) is 29.7 Å². The lowest BCUT2D eigenvalue weighted by atomic mass is 9.92. The minimum absolute atomic E-state index is 0.145. The second kappa shape index (κ2) is 10.1. The summed E-state index contributed by atoms with van der Waals surface area (Å²) in [4.78, 5) is 40.7. The summed E-state index contributed by atoms with van der Waals surface area (Å²) in [5.41, 5.74) is 1.81. The molecule has 2 aliphatic heterocycles. The first-order chi connectivity index (χ1) is 17.7. The number of amides is 3. The predicted octanol–water partition coefficient (Wildman–Crippen LogP) is 3.86. The van der Waals surface area contributed by atoms with Gasteiger partial charge in [0.05, 0.1) is 12.6 Å². The van der Waals surface area contributed by atoms with Gasteiger partial charge < -0.3 is 19.9 Å². The Morgan fingerprint density at radius 2 is 1.84 bits per heavy atom. The SMILES string of the molecule is CC1(c2ccc([C@@H](NC(=O)[C@@H]3C[C@@H](F)CN3C(=O)COC(=O)N3CCC3)c3ccccc3)cc2F)CC1. The number of alkyl halides is 1. The van der Waals surface area contributed by atoms with Crippen molar-refractivity contribution in [1.29, 1.82) is 0 Å². The molecule has 3 aliphatic rings. The fourth-order valence-corrected chi connectivity index (χ4v) is 5.01. The molecule has 37 heavy (non-hydrogen) atoms. The molecule has 3 amide bonds. The quantitative estimate of drug-likeness (QED) is 0.612. The first kappa shape index (κ1) is 25.2. The van der Waals surface area contributed by atoms with Gasteiger partial charge in [-0.05, 0) is 47.4 Å². The van der Waals surface area contributed by atoms with E-state index in [9.17, 15) is 18.8 Å². The van der Waals surface area contributed by atoms with Crippen molar-refractivity contribution in [3.63, 3.8) is 0 Å². The van der Waals surface area contributed by atoms with Gasteiger partial charge in [-0.2, -0.15) is 0 Å². The predicted molar refractivity (Wildman–Crippen MR) is 132 cm³/mol. The minimum atomic E-state index is -1.38. The van der Waals surface area contributed by atoms with Gasteiger partial charge in [0.15, 0.2) is 6.61 Å². The summed E-state index contributed by atoms with van der Waals surface area (Å²) in [6.45, 7) is 2.38. The maximum atomic E-state index is 15.1. The van der Waals surface area contributed by atoms with Crippen molar-refractivity contribution in [1.82, 2.24) is 15.1 Å². The lowest BCUT2D eigenvalue weighted by Crippen LogP contribution is -2.49. The first-order valence-electron chi connectivity index (χ1n) is 12.8. The number of carbonyl (C=O) groups is 3. The molecule has 2 heterocycles.